The highest BCUT2D eigenvalue weighted by Gasteiger charge is 2.07. The average Bonchev–Trinajstić information content (AvgIpc) is 2.17. The van der Waals surface area contributed by atoms with Crippen LogP contribution in [0.4, 0.5) is 0 Å². The SMILES string of the molecule is O=S(=O)(O)CCCCN(O)CCCCS(=O)(=O)O. The molecule has 0 saturated heterocycles. The van der Waals surface area contributed by atoms with Gasteiger partial charge in [0.2, 0.25) is 0 Å². The van der Waals surface area contributed by atoms with Gasteiger partial charge in [0.1, 0.15) is 0 Å². The van der Waals surface area contributed by atoms with Gasteiger partial charge in [-0.25, -0.2) is 0 Å². The molecule has 0 fully saturated rings. The molecule has 0 amide bonds. The fraction of sp³-hybridized carbons (Fsp3) is 1.00. The smallest absolute Gasteiger partial charge is 0.264 e. The number of rotatable bonds is 10. The summed E-state index contributed by atoms with van der Waals surface area (Å²) < 4.78 is 58.4. The van der Waals surface area contributed by atoms with Crippen LogP contribution >= 0.6 is 0 Å². The Kier molecular flexibility index (Phi) is 7.90. The molecule has 0 aromatic rings. The third kappa shape index (κ3) is 13.8. The zero-order valence-corrected chi connectivity index (χ0v) is 11.5. The van der Waals surface area contributed by atoms with Crippen molar-refractivity contribution in [1.29, 1.82) is 0 Å². The van der Waals surface area contributed by atoms with E-state index in [1.807, 2.05) is 0 Å². The summed E-state index contributed by atoms with van der Waals surface area (Å²) in [6.45, 7) is 0.475. The van der Waals surface area contributed by atoms with Gasteiger partial charge in [-0.1, -0.05) is 0 Å². The molecule has 10 heteroatoms. The first-order valence-corrected chi connectivity index (χ1v) is 8.66. The van der Waals surface area contributed by atoms with E-state index < -0.39 is 20.2 Å². The molecule has 0 aliphatic rings. The summed E-state index contributed by atoms with van der Waals surface area (Å²) in [5.74, 6) is -0.687. The molecule has 18 heavy (non-hydrogen) atoms. The second kappa shape index (κ2) is 8.02. The highest BCUT2D eigenvalue weighted by atomic mass is 32.2. The molecule has 0 spiro atoms. The topological polar surface area (TPSA) is 132 Å². The van der Waals surface area contributed by atoms with Crippen LogP contribution in [-0.4, -0.2) is 60.8 Å². The van der Waals surface area contributed by atoms with Gasteiger partial charge in [0.25, 0.3) is 20.2 Å². The van der Waals surface area contributed by atoms with Crippen LogP contribution in [0.5, 0.6) is 0 Å². The van der Waals surface area contributed by atoms with Gasteiger partial charge in [-0.15, -0.1) is 0 Å². The Hall–Kier alpha value is -0.260. The fourth-order valence-corrected chi connectivity index (χ4v) is 2.41. The summed E-state index contributed by atoms with van der Waals surface area (Å²) >= 11 is 0. The fourth-order valence-electron chi connectivity index (χ4n) is 1.27. The number of hydrogen-bond acceptors (Lipinski definition) is 6. The Morgan fingerprint density at radius 2 is 1.06 bits per heavy atom. The maximum absolute atomic E-state index is 10.4. The minimum Gasteiger partial charge on any atom is -0.314 e. The van der Waals surface area contributed by atoms with Gasteiger partial charge in [0.05, 0.1) is 11.5 Å². The molecule has 3 N–H and O–H groups in total. The van der Waals surface area contributed by atoms with Crippen molar-refractivity contribution in [1.82, 2.24) is 5.06 Å². The average molecular weight is 305 g/mol. The second-order valence-electron chi connectivity index (χ2n) is 3.94. The highest BCUT2D eigenvalue weighted by Crippen LogP contribution is 1.99. The summed E-state index contributed by atoms with van der Waals surface area (Å²) in [5.41, 5.74) is 0. The Balaban J connectivity index is 3.52. The van der Waals surface area contributed by atoms with Gasteiger partial charge in [0.15, 0.2) is 0 Å². The summed E-state index contributed by atoms with van der Waals surface area (Å²) in [4.78, 5) is 0. The van der Waals surface area contributed by atoms with Gasteiger partial charge in [0, 0.05) is 13.1 Å². The maximum atomic E-state index is 10.4. The molecule has 0 aliphatic carbocycles. The molecule has 0 saturated carbocycles. The zero-order chi connectivity index (χ0) is 14.2. The van der Waals surface area contributed by atoms with Crippen LogP contribution in [0.1, 0.15) is 25.7 Å². The molecule has 0 aromatic carbocycles. The van der Waals surface area contributed by atoms with E-state index in [0.29, 0.717) is 12.8 Å². The highest BCUT2D eigenvalue weighted by molar-refractivity contribution is 7.86. The van der Waals surface area contributed by atoms with Crippen molar-refractivity contribution in [3.05, 3.63) is 0 Å². The van der Waals surface area contributed by atoms with Gasteiger partial charge in [-0.2, -0.15) is 21.9 Å². The molecule has 0 atom stereocenters. The van der Waals surface area contributed by atoms with E-state index in [0.717, 1.165) is 5.06 Å². The van der Waals surface area contributed by atoms with Crippen molar-refractivity contribution in [2.75, 3.05) is 24.6 Å². The van der Waals surface area contributed by atoms with Crippen LogP contribution in [-0.2, 0) is 20.2 Å². The van der Waals surface area contributed by atoms with Crippen LogP contribution < -0.4 is 0 Å². The third-order valence-electron chi connectivity index (χ3n) is 2.14. The van der Waals surface area contributed by atoms with Crippen LogP contribution in [0, 0.1) is 0 Å². The summed E-state index contributed by atoms with van der Waals surface area (Å²) in [5, 5.41) is 10.3. The van der Waals surface area contributed by atoms with E-state index in [9.17, 15) is 22.0 Å². The molecule has 110 valence electrons. The van der Waals surface area contributed by atoms with Gasteiger partial charge >= 0.3 is 0 Å². The normalized spacial score (nSPS) is 13.1. The molecular formula is C8H19NO7S2. The van der Waals surface area contributed by atoms with E-state index >= 15 is 0 Å². The molecule has 0 heterocycles. The van der Waals surface area contributed by atoms with E-state index in [1.165, 1.54) is 0 Å². The molecule has 8 nitrogen and oxygen atoms in total. The van der Waals surface area contributed by atoms with Crippen LogP contribution in [0.2, 0.25) is 0 Å². The van der Waals surface area contributed by atoms with Crippen molar-refractivity contribution in [2.24, 2.45) is 0 Å². The molecule has 0 aromatic heterocycles. The van der Waals surface area contributed by atoms with Crippen molar-refractivity contribution in [2.45, 2.75) is 25.7 Å². The Labute approximate surface area is 107 Å². The minimum atomic E-state index is -3.95. The van der Waals surface area contributed by atoms with E-state index in [4.69, 9.17) is 9.11 Å². The molecule has 0 unspecified atom stereocenters. The lowest BCUT2D eigenvalue weighted by atomic mass is 10.3. The van der Waals surface area contributed by atoms with Crippen LogP contribution in [0.25, 0.3) is 0 Å². The molecule has 0 rings (SSSR count). The van der Waals surface area contributed by atoms with Crippen LogP contribution in [0.3, 0.4) is 0 Å². The first kappa shape index (κ1) is 17.7. The van der Waals surface area contributed by atoms with Gasteiger partial charge < -0.3 is 5.21 Å². The Bertz CT molecular complexity index is 377. The molecule has 0 aliphatic heterocycles. The lowest BCUT2D eigenvalue weighted by Gasteiger charge is -2.13. The summed E-state index contributed by atoms with van der Waals surface area (Å²) in [7, 11) is -7.91. The first-order valence-electron chi connectivity index (χ1n) is 5.44. The van der Waals surface area contributed by atoms with E-state index in [-0.39, 0.29) is 37.4 Å². The third-order valence-corrected chi connectivity index (χ3v) is 3.75. The number of unbranched alkanes of at least 4 members (excludes halogenated alkanes) is 2. The van der Waals surface area contributed by atoms with Crippen molar-refractivity contribution in [3.8, 4) is 0 Å². The molecule has 0 bridgehead atoms. The summed E-state index contributed by atoms with van der Waals surface area (Å²) in [6.07, 6.45) is 1.27. The maximum Gasteiger partial charge on any atom is 0.264 e. The van der Waals surface area contributed by atoms with Gasteiger partial charge in [-0.3, -0.25) is 9.11 Å². The van der Waals surface area contributed by atoms with Crippen molar-refractivity contribution >= 4 is 20.2 Å². The van der Waals surface area contributed by atoms with E-state index in [1.54, 1.807) is 0 Å². The van der Waals surface area contributed by atoms with Crippen LogP contribution in [0.15, 0.2) is 0 Å². The largest absolute Gasteiger partial charge is 0.314 e. The zero-order valence-electron chi connectivity index (χ0n) is 9.90. The number of hydroxylamine groups is 2. The molecular weight excluding hydrogens is 286 g/mol. The predicted octanol–water partition coefficient (Wildman–Crippen LogP) is 0.0136. The molecule has 0 radical (unpaired) electrons. The summed E-state index contributed by atoms with van der Waals surface area (Å²) in [6, 6.07) is 0. The monoisotopic (exact) mass is 305 g/mol. The minimum absolute atomic E-state index is 0.237. The predicted molar refractivity (Wildman–Crippen MR) is 64.7 cm³/mol. The standard InChI is InChI=1S/C8H19NO7S2/c10-9(5-1-3-7-17(11,12)13)6-2-4-8-18(14,15)16/h10H,1-8H2,(H,11,12,13)(H,14,15,16). The lowest BCUT2D eigenvalue weighted by Crippen LogP contribution is -2.22. The Morgan fingerprint density at radius 1 is 0.722 bits per heavy atom. The van der Waals surface area contributed by atoms with E-state index in [2.05, 4.69) is 0 Å². The Morgan fingerprint density at radius 3 is 1.33 bits per heavy atom. The number of nitrogens with zero attached hydrogens (tertiary/aromatic N) is 1. The number of hydrogen-bond donors (Lipinski definition) is 3. The second-order valence-corrected chi connectivity index (χ2v) is 7.08. The van der Waals surface area contributed by atoms with Gasteiger partial charge in [-0.05, 0) is 25.7 Å². The van der Waals surface area contributed by atoms with Crippen molar-refractivity contribution in [3.63, 3.8) is 0 Å². The quantitative estimate of drug-likeness (QED) is 0.292. The first-order chi connectivity index (χ1) is 8.10. The lowest BCUT2D eigenvalue weighted by molar-refractivity contribution is -0.0919. The van der Waals surface area contributed by atoms with Crippen molar-refractivity contribution < 1.29 is 31.1 Å².